The first kappa shape index (κ1) is 20.3. The van der Waals surface area contributed by atoms with Crippen LogP contribution in [0.2, 0.25) is 0 Å². The highest BCUT2D eigenvalue weighted by atomic mass is 32.1. The number of carbonyl (C=O) groups excluding carboxylic acids is 1. The third-order valence-corrected chi connectivity index (χ3v) is 5.11. The number of aromatic nitrogens is 5. The summed E-state index contributed by atoms with van der Waals surface area (Å²) < 4.78 is 14.6. The average Bonchev–Trinajstić information content (AvgIpc) is 3.47. The molecule has 0 atom stereocenters. The number of hydrogen-bond donors (Lipinski definition) is 1. The van der Waals surface area contributed by atoms with Gasteiger partial charge >= 0.3 is 5.97 Å². The zero-order valence-corrected chi connectivity index (χ0v) is 16.7. The highest BCUT2D eigenvalue weighted by molar-refractivity contribution is 7.11. The molecule has 4 rings (SSSR count). The predicted molar refractivity (Wildman–Crippen MR) is 108 cm³/mol. The lowest BCUT2D eigenvalue weighted by Crippen LogP contribution is -2.29. The second kappa shape index (κ2) is 8.79. The Hall–Kier alpha value is -3.99. The minimum absolute atomic E-state index is 0.0212. The van der Waals surface area contributed by atoms with Gasteiger partial charge in [-0.05, 0) is 23.8 Å². The second-order valence-electron chi connectivity index (χ2n) is 6.54. The van der Waals surface area contributed by atoms with Gasteiger partial charge in [-0.15, -0.1) is 16.4 Å². The summed E-state index contributed by atoms with van der Waals surface area (Å²) in [6, 6.07) is 7.32. The number of benzene rings is 1. The van der Waals surface area contributed by atoms with Crippen molar-refractivity contribution in [2.45, 2.75) is 13.1 Å². The Balaban J connectivity index is 1.58. The lowest BCUT2D eigenvalue weighted by Gasteiger charge is -2.21. The fourth-order valence-corrected chi connectivity index (χ4v) is 3.44. The van der Waals surface area contributed by atoms with Gasteiger partial charge < -0.3 is 10.0 Å². The standard InChI is InChI=1S/C20H15FN6O3S/c21-15-3-1-13(2-4-15)9-26(19(28)18-8-23-12-31-18)10-16-11-27(25-24-16)17-5-14(20(29)30)6-22-7-17/h1-8,11-12H,9-10H2,(H,29,30). The molecule has 156 valence electrons. The van der Waals surface area contributed by atoms with Gasteiger partial charge in [0.2, 0.25) is 0 Å². The van der Waals surface area contributed by atoms with E-state index in [2.05, 4.69) is 20.3 Å². The number of nitrogens with zero attached hydrogens (tertiary/aromatic N) is 6. The van der Waals surface area contributed by atoms with Gasteiger partial charge in [-0.25, -0.2) is 13.9 Å². The molecule has 0 unspecified atom stereocenters. The van der Waals surface area contributed by atoms with Crippen LogP contribution in [0.25, 0.3) is 5.69 Å². The zero-order chi connectivity index (χ0) is 21.8. The maximum atomic E-state index is 13.2. The van der Waals surface area contributed by atoms with Gasteiger partial charge in [0.1, 0.15) is 16.4 Å². The fourth-order valence-electron chi connectivity index (χ4n) is 2.85. The Morgan fingerprint density at radius 3 is 2.61 bits per heavy atom. The molecule has 0 radical (unpaired) electrons. The SMILES string of the molecule is O=C(O)c1cncc(-n2cc(CN(Cc3ccc(F)cc3)C(=O)c3cncs3)nn2)c1. The van der Waals surface area contributed by atoms with Gasteiger partial charge in [-0.1, -0.05) is 17.3 Å². The molecule has 1 amide bonds. The van der Waals surface area contributed by atoms with Crippen LogP contribution in [0, 0.1) is 5.82 Å². The topological polar surface area (TPSA) is 114 Å². The van der Waals surface area contributed by atoms with Crippen LogP contribution in [0.3, 0.4) is 0 Å². The van der Waals surface area contributed by atoms with Gasteiger partial charge in [-0.2, -0.15) is 0 Å². The lowest BCUT2D eigenvalue weighted by atomic mass is 10.2. The number of carboxylic acid groups (broad SMARTS) is 1. The number of amides is 1. The van der Waals surface area contributed by atoms with E-state index in [1.54, 1.807) is 28.7 Å². The predicted octanol–water partition coefficient (Wildman–Crippen LogP) is 2.80. The van der Waals surface area contributed by atoms with Crippen LogP contribution >= 0.6 is 11.3 Å². The Morgan fingerprint density at radius 2 is 1.90 bits per heavy atom. The van der Waals surface area contributed by atoms with Gasteiger partial charge in [0.05, 0.1) is 41.9 Å². The Morgan fingerprint density at radius 1 is 1.10 bits per heavy atom. The van der Waals surface area contributed by atoms with Crippen molar-refractivity contribution >= 4 is 23.2 Å². The van der Waals surface area contributed by atoms with Gasteiger partial charge in [0.25, 0.3) is 5.91 Å². The number of halogens is 1. The van der Waals surface area contributed by atoms with Crippen molar-refractivity contribution < 1.29 is 19.1 Å². The Kier molecular flexibility index (Phi) is 5.76. The van der Waals surface area contributed by atoms with Crippen LogP contribution in [-0.2, 0) is 13.1 Å². The Bertz CT molecular complexity index is 1210. The maximum absolute atomic E-state index is 13.2. The number of hydrogen-bond acceptors (Lipinski definition) is 7. The number of rotatable bonds is 7. The molecule has 1 aromatic carbocycles. The fraction of sp³-hybridized carbons (Fsp3) is 0.100. The summed E-state index contributed by atoms with van der Waals surface area (Å²) >= 11 is 1.22. The van der Waals surface area contributed by atoms with E-state index in [0.29, 0.717) is 16.3 Å². The molecule has 0 fully saturated rings. The van der Waals surface area contributed by atoms with Gasteiger partial charge in [0.15, 0.2) is 0 Å². The Labute approximate surface area is 179 Å². The monoisotopic (exact) mass is 438 g/mol. The van der Waals surface area contributed by atoms with E-state index in [0.717, 1.165) is 5.56 Å². The minimum atomic E-state index is -1.10. The molecule has 0 saturated carbocycles. The summed E-state index contributed by atoms with van der Waals surface area (Å²) in [6.45, 7) is 0.375. The molecule has 0 saturated heterocycles. The molecular formula is C20H15FN6O3S. The largest absolute Gasteiger partial charge is 0.478 e. The van der Waals surface area contributed by atoms with Crippen molar-refractivity contribution in [3.8, 4) is 5.69 Å². The summed E-state index contributed by atoms with van der Waals surface area (Å²) in [6.07, 6.45) is 5.79. The van der Waals surface area contributed by atoms with Crippen molar-refractivity contribution in [1.82, 2.24) is 29.9 Å². The van der Waals surface area contributed by atoms with E-state index in [1.165, 1.54) is 52.8 Å². The summed E-state index contributed by atoms with van der Waals surface area (Å²) in [5.74, 6) is -1.70. The smallest absolute Gasteiger partial charge is 0.337 e. The molecule has 3 heterocycles. The number of carbonyl (C=O) groups is 2. The van der Waals surface area contributed by atoms with Crippen molar-refractivity contribution in [2.24, 2.45) is 0 Å². The van der Waals surface area contributed by atoms with E-state index in [1.807, 2.05) is 0 Å². The first-order valence-corrected chi connectivity index (χ1v) is 9.90. The molecule has 0 aliphatic rings. The molecule has 3 aromatic heterocycles. The van der Waals surface area contributed by atoms with Crippen LogP contribution in [0.15, 0.2) is 60.6 Å². The third kappa shape index (κ3) is 4.78. The number of aromatic carboxylic acids is 1. The summed E-state index contributed by atoms with van der Waals surface area (Å²) in [5.41, 5.74) is 3.26. The maximum Gasteiger partial charge on any atom is 0.337 e. The molecule has 0 spiro atoms. The van der Waals surface area contributed by atoms with Crippen LogP contribution in [0.4, 0.5) is 4.39 Å². The van der Waals surface area contributed by atoms with E-state index in [-0.39, 0.29) is 30.4 Å². The van der Waals surface area contributed by atoms with Crippen molar-refractivity contribution in [3.05, 3.63) is 88.1 Å². The summed E-state index contributed by atoms with van der Waals surface area (Å²) in [4.78, 5) is 34.0. The molecule has 1 N–H and O–H groups in total. The molecule has 0 bridgehead atoms. The summed E-state index contributed by atoms with van der Waals surface area (Å²) in [7, 11) is 0. The summed E-state index contributed by atoms with van der Waals surface area (Å²) in [5, 5.41) is 17.2. The lowest BCUT2D eigenvalue weighted by molar-refractivity contribution is 0.0694. The van der Waals surface area contributed by atoms with Crippen LogP contribution in [0.1, 0.15) is 31.3 Å². The average molecular weight is 438 g/mol. The molecule has 4 aromatic rings. The number of thiazole rings is 1. The second-order valence-corrected chi connectivity index (χ2v) is 7.43. The normalized spacial score (nSPS) is 10.7. The van der Waals surface area contributed by atoms with Gasteiger partial charge in [-0.3, -0.25) is 14.8 Å². The number of pyridine rings is 1. The molecule has 31 heavy (non-hydrogen) atoms. The first-order valence-electron chi connectivity index (χ1n) is 9.02. The van der Waals surface area contributed by atoms with Gasteiger partial charge in [0, 0.05) is 12.7 Å². The quantitative estimate of drug-likeness (QED) is 0.472. The highest BCUT2D eigenvalue weighted by Crippen LogP contribution is 2.17. The van der Waals surface area contributed by atoms with E-state index >= 15 is 0 Å². The molecule has 0 aliphatic heterocycles. The van der Waals surface area contributed by atoms with Crippen LogP contribution in [-0.4, -0.2) is 46.8 Å². The first-order chi connectivity index (χ1) is 15.0. The molecule has 0 aliphatic carbocycles. The molecule has 11 heteroatoms. The van der Waals surface area contributed by atoms with Crippen LogP contribution in [0.5, 0.6) is 0 Å². The van der Waals surface area contributed by atoms with E-state index in [4.69, 9.17) is 5.11 Å². The van der Waals surface area contributed by atoms with Crippen LogP contribution < -0.4 is 0 Å². The number of carboxylic acids is 1. The van der Waals surface area contributed by atoms with Crippen molar-refractivity contribution in [2.75, 3.05) is 0 Å². The molecule has 9 nitrogen and oxygen atoms in total. The zero-order valence-electron chi connectivity index (χ0n) is 15.9. The minimum Gasteiger partial charge on any atom is -0.478 e. The van der Waals surface area contributed by atoms with Crippen molar-refractivity contribution in [1.29, 1.82) is 0 Å². The van der Waals surface area contributed by atoms with E-state index < -0.39 is 5.97 Å². The van der Waals surface area contributed by atoms with Crippen molar-refractivity contribution in [3.63, 3.8) is 0 Å². The molecular weight excluding hydrogens is 423 g/mol. The third-order valence-electron chi connectivity index (χ3n) is 4.35. The highest BCUT2D eigenvalue weighted by Gasteiger charge is 2.20. The van der Waals surface area contributed by atoms with E-state index in [9.17, 15) is 14.0 Å².